The van der Waals surface area contributed by atoms with Crippen molar-refractivity contribution < 1.29 is 8.78 Å². The number of nitrogens with two attached hydrogens (primary N) is 2. The number of hydrogen-bond acceptors (Lipinski definition) is 2. The van der Waals surface area contributed by atoms with Gasteiger partial charge in [-0.2, -0.15) is 0 Å². The minimum atomic E-state index is -0.966. The Bertz CT molecular complexity index is 324. The van der Waals surface area contributed by atoms with Crippen molar-refractivity contribution in [3.8, 4) is 0 Å². The SMILES string of the molecule is CC(N)CCc1ccc(N)c(F)c1F. The van der Waals surface area contributed by atoms with E-state index in [1.54, 1.807) is 0 Å². The van der Waals surface area contributed by atoms with Crippen molar-refractivity contribution in [1.29, 1.82) is 0 Å². The zero-order valence-corrected chi connectivity index (χ0v) is 8.06. The average molecular weight is 200 g/mol. The first-order chi connectivity index (χ1) is 6.52. The van der Waals surface area contributed by atoms with Gasteiger partial charge < -0.3 is 11.5 Å². The molecule has 2 nitrogen and oxygen atoms in total. The van der Waals surface area contributed by atoms with Crippen LogP contribution in [0.1, 0.15) is 18.9 Å². The van der Waals surface area contributed by atoms with Crippen LogP contribution in [-0.4, -0.2) is 6.04 Å². The standard InChI is InChI=1S/C10H14F2N2/c1-6(13)2-3-7-4-5-8(14)10(12)9(7)11/h4-6H,2-3,13-14H2,1H3. The lowest BCUT2D eigenvalue weighted by Crippen LogP contribution is -2.16. The van der Waals surface area contributed by atoms with E-state index < -0.39 is 11.6 Å². The molecule has 0 amide bonds. The third kappa shape index (κ3) is 2.42. The van der Waals surface area contributed by atoms with E-state index in [2.05, 4.69) is 0 Å². The predicted octanol–water partition coefficient (Wildman–Crippen LogP) is 1.83. The summed E-state index contributed by atoms with van der Waals surface area (Å²) in [6.07, 6.45) is 1.06. The molecule has 0 fully saturated rings. The van der Waals surface area contributed by atoms with Gasteiger partial charge in [-0.15, -0.1) is 0 Å². The fourth-order valence-corrected chi connectivity index (χ4v) is 1.18. The molecule has 14 heavy (non-hydrogen) atoms. The van der Waals surface area contributed by atoms with Crippen molar-refractivity contribution in [2.75, 3.05) is 5.73 Å². The average Bonchev–Trinajstić information content (AvgIpc) is 2.13. The van der Waals surface area contributed by atoms with Gasteiger partial charge in [-0.25, -0.2) is 8.78 Å². The van der Waals surface area contributed by atoms with Crippen molar-refractivity contribution in [1.82, 2.24) is 0 Å². The van der Waals surface area contributed by atoms with Gasteiger partial charge in [0.1, 0.15) is 0 Å². The molecule has 0 bridgehead atoms. The molecule has 4 heteroatoms. The normalized spacial score (nSPS) is 12.9. The van der Waals surface area contributed by atoms with Crippen LogP contribution < -0.4 is 11.5 Å². The number of hydrogen-bond donors (Lipinski definition) is 2. The van der Waals surface area contributed by atoms with E-state index >= 15 is 0 Å². The molecule has 78 valence electrons. The van der Waals surface area contributed by atoms with Crippen LogP contribution in [0.15, 0.2) is 12.1 Å². The highest BCUT2D eigenvalue weighted by molar-refractivity contribution is 5.42. The lowest BCUT2D eigenvalue weighted by molar-refractivity contribution is 0.498. The van der Waals surface area contributed by atoms with Crippen LogP contribution in [0.3, 0.4) is 0 Å². The first-order valence-electron chi connectivity index (χ1n) is 4.50. The lowest BCUT2D eigenvalue weighted by atomic mass is 10.1. The second kappa shape index (κ2) is 4.37. The monoisotopic (exact) mass is 200 g/mol. The van der Waals surface area contributed by atoms with Crippen LogP contribution in [0.2, 0.25) is 0 Å². The van der Waals surface area contributed by atoms with Crippen molar-refractivity contribution in [2.45, 2.75) is 25.8 Å². The zero-order valence-electron chi connectivity index (χ0n) is 8.06. The van der Waals surface area contributed by atoms with Crippen molar-refractivity contribution >= 4 is 5.69 Å². The first-order valence-corrected chi connectivity index (χ1v) is 4.50. The highest BCUT2D eigenvalue weighted by Crippen LogP contribution is 2.19. The van der Waals surface area contributed by atoms with E-state index in [9.17, 15) is 8.78 Å². The quantitative estimate of drug-likeness (QED) is 0.731. The minimum Gasteiger partial charge on any atom is -0.396 e. The Hall–Kier alpha value is -1.16. The molecule has 4 N–H and O–H groups in total. The molecule has 0 saturated heterocycles. The van der Waals surface area contributed by atoms with Gasteiger partial charge in [-0.1, -0.05) is 6.07 Å². The summed E-state index contributed by atoms with van der Waals surface area (Å²) >= 11 is 0. The van der Waals surface area contributed by atoms with Crippen LogP contribution in [0.4, 0.5) is 14.5 Å². The van der Waals surface area contributed by atoms with Crippen molar-refractivity contribution in [2.24, 2.45) is 5.73 Å². The zero-order chi connectivity index (χ0) is 10.7. The molecule has 0 aliphatic carbocycles. The lowest BCUT2D eigenvalue weighted by Gasteiger charge is -2.07. The maximum atomic E-state index is 13.2. The summed E-state index contributed by atoms with van der Waals surface area (Å²) in [6.45, 7) is 1.82. The Morgan fingerprint density at radius 1 is 1.29 bits per heavy atom. The van der Waals surface area contributed by atoms with Gasteiger partial charge in [-0.3, -0.25) is 0 Å². The topological polar surface area (TPSA) is 52.0 Å². The van der Waals surface area contributed by atoms with Crippen molar-refractivity contribution in [3.63, 3.8) is 0 Å². The van der Waals surface area contributed by atoms with Gasteiger partial charge in [0.05, 0.1) is 5.69 Å². The van der Waals surface area contributed by atoms with E-state index in [1.807, 2.05) is 6.92 Å². The summed E-state index contributed by atoms with van der Waals surface area (Å²) in [7, 11) is 0. The smallest absolute Gasteiger partial charge is 0.181 e. The highest BCUT2D eigenvalue weighted by atomic mass is 19.2. The minimum absolute atomic E-state index is 0.0185. The molecule has 1 atom stereocenters. The van der Waals surface area contributed by atoms with E-state index in [4.69, 9.17) is 11.5 Å². The number of anilines is 1. The molecule has 1 aromatic rings. The molecular weight excluding hydrogens is 186 g/mol. The molecule has 0 saturated carbocycles. The Balaban J connectivity index is 2.83. The second-order valence-electron chi connectivity index (χ2n) is 3.46. The molecule has 0 aliphatic rings. The molecule has 1 rings (SSSR count). The molecule has 0 aliphatic heterocycles. The van der Waals surface area contributed by atoms with Crippen LogP contribution in [0.25, 0.3) is 0 Å². The Labute approximate surface area is 81.9 Å². The largest absolute Gasteiger partial charge is 0.396 e. The number of rotatable bonds is 3. The summed E-state index contributed by atoms with van der Waals surface area (Å²) in [5.41, 5.74) is 10.9. The molecule has 0 heterocycles. The van der Waals surface area contributed by atoms with Crippen LogP contribution in [-0.2, 0) is 6.42 Å². The fourth-order valence-electron chi connectivity index (χ4n) is 1.18. The molecule has 0 spiro atoms. The molecule has 0 radical (unpaired) electrons. The number of nitrogen functional groups attached to an aromatic ring is 1. The molecule has 1 unspecified atom stereocenters. The van der Waals surface area contributed by atoms with Gasteiger partial charge in [0.25, 0.3) is 0 Å². The van der Waals surface area contributed by atoms with Gasteiger partial charge >= 0.3 is 0 Å². The van der Waals surface area contributed by atoms with E-state index in [1.165, 1.54) is 12.1 Å². The molecule has 0 aromatic heterocycles. The number of halogens is 2. The third-order valence-corrected chi connectivity index (χ3v) is 2.06. The van der Waals surface area contributed by atoms with E-state index in [0.717, 1.165) is 0 Å². The van der Waals surface area contributed by atoms with Crippen LogP contribution in [0.5, 0.6) is 0 Å². The van der Waals surface area contributed by atoms with Gasteiger partial charge in [0, 0.05) is 6.04 Å². The molecular formula is C10H14F2N2. The van der Waals surface area contributed by atoms with Gasteiger partial charge in [0.15, 0.2) is 11.6 Å². The van der Waals surface area contributed by atoms with Crippen molar-refractivity contribution in [3.05, 3.63) is 29.3 Å². The highest BCUT2D eigenvalue weighted by Gasteiger charge is 2.11. The Morgan fingerprint density at radius 3 is 2.50 bits per heavy atom. The summed E-state index contributed by atoms with van der Waals surface area (Å²) < 4.78 is 26.2. The third-order valence-electron chi connectivity index (χ3n) is 2.06. The maximum Gasteiger partial charge on any atom is 0.181 e. The van der Waals surface area contributed by atoms with Gasteiger partial charge in [0.2, 0.25) is 0 Å². The first kappa shape index (κ1) is 10.9. The number of aryl methyl sites for hydroxylation is 1. The van der Waals surface area contributed by atoms with Crippen LogP contribution in [0, 0.1) is 11.6 Å². The second-order valence-corrected chi connectivity index (χ2v) is 3.46. The van der Waals surface area contributed by atoms with E-state index in [-0.39, 0.29) is 11.7 Å². The van der Waals surface area contributed by atoms with Crippen LogP contribution >= 0.6 is 0 Å². The molecule has 1 aromatic carbocycles. The Kier molecular flexibility index (Phi) is 3.41. The van der Waals surface area contributed by atoms with E-state index in [0.29, 0.717) is 18.4 Å². The maximum absolute atomic E-state index is 13.2. The summed E-state index contributed by atoms with van der Waals surface area (Å²) in [6, 6.07) is 2.85. The number of benzene rings is 1. The Morgan fingerprint density at radius 2 is 1.93 bits per heavy atom. The van der Waals surface area contributed by atoms with Gasteiger partial charge in [-0.05, 0) is 31.4 Å². The predicted molar refractivity (Wildman–Crippen MR) is 52.7 cm³/mol. The summed E-state index contributed by atoms with van der Waals surface area (Å²) in [5.74, 6) is -1.82. The fraction of sp³-hybridized carbons (Fsp3) is 0.400. The summed E-state index contributed by atoms with van der Waals surface area (Å²) in [5, 5.41) is 0. The summed E-state index contributed by atoms with van der Waals surface area (Å²) in [4.78, 5) is 0.